The van der Waals surface area contributed by atoms with E-state index in [-0.39, 0.29) is 17.6 Å². The summed E-state index contributed by atoms with van der Waals surface area (Å²) >= 11 is 0. The van der Waals surface area contributed by atoms with Gasteiger partial charge in [0.1, 0.15) is 23.1 Å². The van der Waals surface area contributed by atoms with Gasteiger partial charge < -0.3 is 9.64 Å². The van der Waals surface area contributed by atoms with Gasteiger partial charge in [0.05, 0.1) is 12.1 Å². The zero-order chi connectivity index (χ0) is 19.7. The number of alkyl halides is 3. The number of rotatable bonds is 3. The van der Waals surface area contributed by atoms with Gasteiger partial charge in [0.15, 0.2) is 0 Å². The first-order valence-corrected chi connectivity index (χ1v) is 8.75. The van der Waals surface area contributed by atoms with Crippen LogP contribution in [0.2, 0.25) is 0 Å². The van der Waals surface area contributed by atoms with E-state index in [0.717, 1.165) is 29.2 Å². The van der Waals surface area contributed by atoms with Gasteiger partial charge in [-0.1, -0.05) is 18.2 Å². The highest BCUT2D eigenvalue weighted by molar-refractivity contribution is 5.94. The SMILES string of the molecule is O=C(c1ccc(C(F)(F)F)nc1)N1CC[C@H](Oc2cccc3cccnc23)C1. The van der Waals surface area contributed by atoms with E-state index in [0.29, 0.717) is 25.3 Å². The van der Waals surface area contributed by atoms with Gasteiger partial charge in [-0.3, -0.25) is 14.8 Å². The quantitative estimate of drug-likeness (QED) is 0.683. The first-order chi connectivity index (χ1) is 13.4. The van der Waals surface area contributed by atoms with E-state index >= 15 is 0 Å². The zero-order valence-corrected chi connectivity index (χ0v) is 14.7. The highest BCUT2D eigenvalue weighted by Crippen LogP contribution is 2.28. The fourth-order valence-corrected chi connectivity index (χ4v) is 3.23. The topological polar surface area (TPSA) is 55.3 Å². The summed E-state index contributed by atoms with van der Waals surface area (Å²) in [7, 11) is 0. The molecule has 8 heteroatoms. The number of ether oxygens (including phenoxy) is 1. The second-order valence-electron chi connectivity index (χ2n) is 6.54. The highest BCUT2D eigenvalue weighted by Gasteiger charge is 2.33. The molecule has 28 heavy (non-hydrogen) atoms. The number of pyridine rings is 2. The van der Waals surface area contributed by atoms with Gasteiger partial charge in [-0.15, -0.1) is 0 Å². The summed E-state index contributed by atoms with van der Waals surface area (Å²) in [5.74, 6) is 0.289. The maximum atomic E-state index is 12.6. The summed E-state index contributed by atoms with van der Waals surface area (Å²) in [6.45, 7) is 0.811. The van der Waals surface area contributed by atoms with Crippen LogP contribution in [0, 0.1) is 0 Å². The van der Waals surface area contributed by atoms with E-state index in [2.05, 4.69) is 9.97 Å². The highest BCUT2D eigenvalue weighted by atomic mass is 19.4. The van der Waals surface area contributed by atoms with Crippen LogP contribution in [0.4, 0.5) is 13.2 Å². The van der Waals surface area contributed by atoms with Crippen molar-refractivity contribution < 1.29 is 22.7 Å². The Labute approximate surface area is 158 Å². The minimum atomic E-state index is -4.53. The normalized spacial score (nSPS) is 17.1. The lowest BCUT2D eigenvalue weighted by atomic mass is 10.2. The molecule has 0 bridgehead atoms. The Kier molecular flexibility index (Phi) is 4.62. The maximum absolute atomic E-state index is 12.6. The van der Waals surface area contributed by atoms with E-state index in [9.17, 15) is 18.0 Å². The van der Waals surface area contributed by atoms with Crippen molar-refractivity contribution in [3.8, 4) is 5.75 Å². The largest absolute Gasteiger partial charge is 0.486 e. The fraction of sp³-hybridized carbons (Fsp3) is 0.250. The van der Waals surface area contributed by atoms with E-state index < -0.39 is 11.9 Å². The Morgan fingerprint density at radius 3 is 2.68 bits per heavy atom. The van der Waals surface area contributed by atoms with Crippen LogP contribution in [0.3, 0.4) is 0 Å². The first kappa shape index (κ1) is 18.2. The van der Waals surface area contributed by atoms with Crippen LogP contribution in [0.25, 0.3) is 10.9 Å². The molecule has 5 nitrogen and oxygen atoms in total. The number of benzene rings is 1. The number of fused-ring (bicyclic) bond motifs is 1. The minimum Gasteiger partial charge on any atom is -0.486 e. The molecule has 0 aliphatic carbocycles. The number of carbonyl (C=O) groups is 1. The van der Waals surface area contributed by atoms with Gasteiger partial charge in [0, 0.05) is 30.7 Å². The molecule has 0 radical (unpaired) electrons. The molecule has 4 rings (SSSR count). The maximum Gasteiger partial charge on any atom is 0.433 e. The summed E-state index contributed by atoms with van der Waals surface area (Å²) in [6.07, 6.45) is -1.45. The van der Waals surface area contributed by atoms with Crippen molar-refractivity contribution in [3.05, 3.63) is 66.1 Å². The molecule has 1 amide bonds. The van der Waals surface area contributed by atoms with Gasteiger partial charge >= 0.3 is 6.18 Å². The number of carbonyl (C=O) groups excluding carboxylic acids is 1. The second-order valence-corrected chi connectivity index (χ2v) is 6.54. The van der Waals surface area contributed by atoms with Crippen molar-refractivity contribution in [1.29, 1.82) is 0 Å². The molecule has 0 spiro atoms. The Balaban J connectivity index is 1.44. The second kappa shape index (κ2) is 7.10. The smallest absolute Gasteiger partial charge is 0.433 e. The number of halogens is 3. The summed E-state index contributed by atoms with van der Waals surface area (Å²) in [4.78, 5) is 21.8. The molecule has 1 atom stereocenters. The lowest BCUT2D eigenvalue weighted by molar-refractivity contribution is -0.141. The van der Waals surface area contributed by atoms with Crippen molar-refractivity contribution in [3.63, 3.8) is 0 Å². The molecule has 1 aromatic carbocycles. The van der Waals surface area contributed by atoms with Crippen molar-refractivity contribution in [1.82, 2.24) is 14.9 Å². The summed E-state index contributed by atoms with van der Waals surface area (Å²) in [6, 6.07) is 11.4. The predicted molar refractivity (Wildman–Crippen MR) is 95.9 cm³/mol. The number of para-hydroxylation sites is 1. The molecule has 0 saturated carbocycles. The van der Waals surface area contributed by atoms with Gasteiger partial charge in [-0.05, 0) is 24.3 Å². The molecular weight excluding hydrogens is 371 g/mol. The van der Waals surface area contributed by atoms with E-state index in [1.54, 1.807) is 11.1 Å². The van der Waals surface area contributed by atoms with Crippen molar-refractivity contribution in [2.24, 2.45) is 0 Å². The average molecular weight is 387 g/mol. The number of hydrogen-bond acceptors (Lipinski definition) is 4. The number of hydrogen-bond donors (Lipinski definition) is 0. The molecule has 1 fully saturated rings. The summed E-state index contributed by atoms with van der Waals surface area (Å²) in [5, 5.41) is 0.960. The number of likely N-dealkylation sites (tertiary alicyclic amines) is 1. The Morgan fingerprint density at radius 2 is 1.93 bits per heavy atom. The monoisotopic (exact) mass is 387 g/mol. The van der Waals surface area contributed by atoms with Crippen LogP contribution >= 0.6 is 0 Å². The van der Waals surface area contributed by atoms with Gasteiger partial charge in [-0.2, -0.15) is 13.2 Å². The molecule has 1 aliphatic rings. The molecule has 0 N–H and O–H groups in total. The van der Waals surface area contributed by atoms with Crippen LogP contribution in [-0.4, -0.2) is 40.0 Å². The first-order valence-electron chi connectivity index (χ1n) is 8.75. The molecule has 0 unspecified atom stereocenters. The van der Waals surface area contributed by atoms with E-state index in [4.69, 9.17) is 4.74 Å². The zero-order valence-electron chi connectivity index (χ0n) is 14.7. The molecular formula is C20H16F3N3O2. The van der Waals surface area contributed by atoms with Crippen molar-refractivity contribution in [2.75, 3.05) is 13.1 Å². The molecule has 3 aromatic rings. The molecule has 1 saturated heterocycles. The van der Waals surface area contributed by atoms with Crippen LogP contribution in [0.1, 0.15) is 22.5 Å². The lowest BCUT2D eigenvalue weighted by Gasteiger charge is -2.18. The predicted octanol–water partition coefficient (Wildman–Crippen LogP) is 3.94. The van der Waals surface area contributed by atoms with E-state index in [1.807, 2.05) is 30.3 Å². The summed E-state index contributed by atoms with van der Waals surface area (Å²) < 4.78 is 43.9. The molecule has 2 aromatic heterocycles. The van der Waals surface area contributed by atoms with E-state index in [1.165, 1.54) is 0 Å². The van der Waals surface area contributed by atoms with Crippen LogP contribution in [0.5, 0.6) is 5.75 Å². The van der Waals surface area contributed by atoms with Gasteiger partial charge in [-0.25, -0.2) is 0 Å². The Bertz CT molecular complexity index is 1000. The third-order valence-electron chi connectivity index (χ3n) is 4.62. The van der Waals surface area contributed by atoms with Gasteiger partial charge in [0.2, 0.25) is 0 Å². The third kappa shape index (κ3) is 3.62. The van der Waals surface area contributed by atoms with Crippen molar-refractivity contribution >= 4 is 16.8 Å². The number of amides is 1. The number of aromatic nitrogens is 2. The van der Waals surface area contributed by atoms with Crippen LogP contribution in [-0.2, 0) is 6.18 Å². The Hall–Kier alpha value is -3.16. The van der Waals surface area contributed by atoms with Crippen LogP contribution < -0.4 is 4.74 Å². The average Bonchev–Trinajstić information content (AvgIpc) is 3.16. The third-order valence-corrected chi connectivity index (χ3v) is 4.62. The fourth-order valence-electron chi connectivity index (χ4n) is 3.23. The lowest BCUT2D eigenvalue weighted by Crippen LogP contribution is -2.31. The minimum absolute atomic E-state index is 0.125. The summed E-state index contributed by atoms with van der Waals surface area (Å²) in [5.41, 5.74) is -0.141. The molecule has 3 heterocycles. The molecule has 144 valence electrons. The molecule has 1 aliphatic heterocycles. The van der Waals surface area contributed by atoms with Crippen LogP contribution in [0.15, 0.2) is 54.9 Å². The number of nitrogens with zero attached hydrogens (tertiary/aromatic N) is 3. The standard InChI is InChI=1S/C20H16F3N3O2/c21-20(22,23)17-7-6-14(11-25-17)19(27)26-10-8-15(12-26)28-16-5-1-3-13-4-2-9-24-18(13)16/h1-7,9,11,15H,8,10,12H2/t15-/m0/s1. The Morgan fingerprint density at radius 1 is 1.11 bits per heavy atom. The van der Waals surface area contributed by atoms with Crippen molar-refractivity contribution in [2.45, 2.75) is 18.7 Å². The van der Waals surface area contributed by atoms with Gasteiger partial charge in [0.25, 0.3) is 5.91 Å².